The Bertz CT molecular complexity index is 644. The summed E-state index contributed by atoms with van der Waals surface area (Å²) in [4.78, 5) is 27.4. The van der Waals surface area contributed by atoms with Crippen molar-refractivity contribution in [3.63, 3.8) is 0 Å². The molecule has 0 atom stereocenters. The van der Waals surface area contributed by atoms with Crippen molar-refractivity contribution in [1.82, 2.24) is 4.98 Å². The zero-order chi connectivity index (χ0) is 15.8. The fraction of sp³-hybridized carbons (Fsp3) is 0.235. The molecule has 0 radical (unpaired) electrons. The SMILES string of the molecule is CC(=O)c1cccc(NC(=O)CSCCc2ccccn2)c1. The van der Waals surface area contributed by atoms with Crippen LogP contribution in [0.15, 0.2) is 48.7 Å². The molecule has 2 rings (SSSR count). The number of amides is 1. The minimum absolute atomic E-state index is 0.0131. The lowest BCUT2D eigenvalue weighted by atomic mass is 10.1. The molecule has 0 aliphatic carbocycles. The molecule has 1 aromatic heterocycles. The van der Waals surface area contributed by atoms with Gasteiger partial charge in [-0.2, -0.15) is 11.8 Å². The number of aryl methyl sites for hydroxylation is 1. The van der Waals surface area contributed by atoms with Crippen molar-refractivity contribution in [3.05, 3.63) is 59.9 Å². The maximum Gasteiger partial charge on any atom is 0.234 e. The molecule has 5 heteroatoms. The third-order valence-electron chi connectivity index (χ3n) is 3.01. The van der Waals surface area contributed by atoms with Gasteiger partial charge in [-0.1, -0.05) is 18.2 Å². The number of hydrogen-bond donors (Lipinski definition) is 1. The minimum Gasteiger partial charge on any atom is -0.325 e. The van der Waals surface area contributed by atoms with Gasteiger partial charge in [-0.3, -0.25) is 14.6 Å². The van der Waals surface area contributed by atoms with Crippen molar-refractivity contribution in [2.24, 2.45) is 0 Å². The molecule has 0 spiro atoms. The Morgan fingerprint density at radius 3 is 2.77 bits per heavy atom. The van der Waals surface area contributed by atoms with Crippen LogP contribution in [0.3, 0.4) is 0 Å². The van der Waals surface area contributed by atoms with Gasteiger partial charge in [0.2, 0.25) is 5.91 Å². The Labute approximate surface area is 134 Å². The van der Waals surface area contributed by atoms with E-state index >= 15 is 0 Å². The first-order valence-corrected chi connectivity index (χ1v) is 8.19. The highest BCUT2D eigenvalue weighted by atomic mass is 32.2. The van der Waals surface area contributed by atoms with Gasteiger partial charge in [-0.05, 0) is 43.4 Å². The normalized spacial score (nSPS) is 10.2. The van der Waals surface area contributed by atoms with E-state index in [2.05, 4.69) is 10.3 Å². The molecule has 114 valence electrons. The molecule has 1 N–H and O–H groups in total. The van der Waals surface area contributed by atoms with Gasteiger partial charge >= 0.3 is 0 Å². The summed E-state index contributed by atoms with van der Waals surface area (Å²) in [5.41, 5.74) is 2.29. The molecular formula is C17H18N2O2S. The number of anilines is 1. The zero-order valence-electron chi connectivity index (χ0n) is 12.4. The lowest BCUT2D eigenvalue weighted by Gasteiger charge is -2.06. The van der Waals surface area contributed by atoms with Gasteiger partial charge in [-0.15, -0.1) is 0 Å². The van der Waals surface area contributed by atoms with Gasteiger partial charge in [0.1, 0.15) is 0 Å². The summed E-state index contributed by atoms with van der Waals surface area (Å²) in [6, 6.07) is 12.8. The Hall–Kier alpha value is -2.14. The third kappa shape index (κ3) is 5.33. The Morgan fingerprint density at radius 1 is 1.18 bits per heavy atom. The number of hydrogen-bond acceptors (Lipinski definition) is 4. The predicted octanol–water partition coefficient (Wildman–Crippen LogP) is 3.20. The number of nitrogens with one attached hydrogen (secondary N) is 1. The lowest BCUT2D eigenvalue weighted by molar-refractivity contribution is -0.113. The highest BCUT2D eigenvalue weighted by Crippen LogP contribution is 2.12. The van der Waals surface area contributed by atoms with Crippen LogP contribution in [-0.4, -0.2) is 28.2 Å². The van der Waals surface area contributed by atoms with E-state index in [4.69, 9.17) is 0 Å². The standard InChI is InChI=1S/C17H18N2O2S/c1-13(20)14-5-4-7-16(11-14)19-17(21)12-22-10-8-15-6-2-3-9-18-15/h2-7,9,11H,8,10,12H2,1H3,(H,19,21). The van der Waals surface area contributed by atoms with Gasteiger partial charge in [0.05, 0.1) is 5.75 Å². The molecule has 0 unspecified atom stereocenters. The average molecular weight is 314 g/mol. The predicted molar refractivity (Wildman–Crippen MR) is 90.3 cm³/mol. The minimum atomic E-state index is -0.0632. The number of pyridine rings is 1. The second kappa shape index (κ2) is 8.34. The van der Waals surface area contributed by atoms with E-state index in [-0.39, 0.29) is 11.7 Å². The summed E-state index contributed by atoms with van der Waals surface area (Å²) in [6.07, 6.45) is 2.62. The number of nitrogens with zero attached hydrogens (tertiary/aromatic N) is 1. The first kappa shape index (κ1) is 16.2. The third-order valence-corrected chi connectivity index (χ3v) is 3.97. The van der Waals surface area contributed by atoms with E-state index in [1.54, 1.807) is 42.2 Å². The first-order chi connectivity index (χ1) is 10.6. The lowest BCUT2D eigenvalue weighted by Crippen LogP contribution is -2.14. The van der Waals surface area contributed by atoms with E-state index in [1.165, 1.54) is 6.92 Å². The van der Waals surface area contributed by atoms with E-state index in [9.17, 15) is 9.59 Å². The fourth-order valence-electron chi connectivity index (χ4n) is 1.90. The maximum atomic E-state index is 11.9. The van der Waals surface area contributed by atoms with Gasteiger partial charge in [0, 0.05) is 23.1 Å². The number of aromatic nitrogens is 1. The van der Waals surface area contributed by atoms with Gasteiger partial charge in [0.15, 0.2) is 5.78 Å². The number of rotatable bonds is 7. The van der Waals surface area contributed by atoms with Crippen LogP contribution in [0.2, 0.25) is 0 Å². The molecule has 1 heterocycles. The summed E-state index contributed by atoms with van der Waals surface area (Å²) >= 11 is 1.57. The number of Topliss-reactive ketones (excluding diaryl/α,β-unsaturated/α-hetero) is 1. The molecule has 1 amide bonds. The molecule has 4 nitrogen and oxygen atoms in total. The molecule has 1 aromatic carbocycles. The van der Waals surface area contributed by atoms with Crippen LogP contribution >= 0.6 is 11.8 Å². The van der Waals surface area contributed by atoms with Crippen molar-refractivity contribution < 1.29 is 9.59 Å². The molecule has 22 heavy (non-hydrogen) atoms. The maximum absolute atomic E-state index is 11.9. The zero-order valence-corrected chi connectivity index (χ0v) is 13.2. The van der Waals surface area contributed by atoms with Crippen molar-refractivity contribution in [2.45, 2.75) is 13.3 Å². The monoisotopic (exact) mass is 314 g/mol. The molecule has 0 bridgehead atoms. The second-order valence-corrected chi connectivity index (χ2v) is 5.91. The van der Waals surface area contributed by atoms with Gasteiger partial charge in [-0.25, -0.2) is 0 Å². The summed E-state index contributed by atoms with van der Waals surface area (Å²) in [5, 5.41) is 2.81. The summed E-state index contributed by atoms with van der Waals surface area (Å²) in [5.74, 6) is 1.15. The smallest absolute Gasteiger partial charge is 0.234 e. The van der Waals surface area contributed by atoms with Crippen LogP contribution < -0.4 is 5.32 Å². The summed E-state index contributed by atoms with van der Waals surface area (Å²) in [7, 11) is 0. The summed E-state index contributed by atoms with van der Waals surface area (Å²) in [6.45, 7) is 1.51. The average Bonchev–Trinajstić information content (AvgIpc) is 2.53. The van der Waals surface area contributed by atoms with Crippen LogP contribution in [0, 0.1) is 0 Å². The quantitative estimate of drug-likeness (QED) is 0.630. The van der Waals surface area contributed by atoms with Crippen molar-refractivity contribution >= 4 is 29.1 Å². The Balaban J connectivity index is 1.74. The molecule has 0 saturated carbocycles. The molecule has 0 fully saturated rings. The molecule has 0 aliphatic rings. The number of carbonyl (C=O) groups excluding carboxylic acids is 2. The topological polar surface area (TPSA) is 59.1 Å². The van der Waals surface area contributed by atoms with Crippen LogP contribution in [0.1, 0.15) is 23.0 Å². The molecule has 2 aromatic rings. The molecular weight excluding hydrogens is 296 g/mol. The van der Waals surface area contributed by atoms with E-state index < -0.39 is 0 Å². The highest BCUT2D eigenvalue weighted by molar-refractivity contribution is 7.99. The number of ketones is 1. The van der Waals surface area contributed by atoms with Gasteiger partial charge < -0.3 is 5.32 Å². The van der Waals surface area contributed by atoms with E-state index in [1.807, 2.05) is 18.2 Å². The fourth-order valence-corrected chi connectivity index (χ4v) is 2.66. The Morgan fingerprint density at radius 2 is 2.05 bits per heavy atom. The number of thioether (sulfide) groups is 1. The first-order valence-electron chi connectivity index (χ1n) is 7.03. The molecule has 0 aliphatic heterocycles. The van der Waals surface area contributed by atoms with E-state index in [0.717, 1.165) is 17.9 Å². The highest BCUT2D eigenvalue weighted by Gasteiger charge is 2.05. The number of carbonyl (C=O) groups is 2. The number of benzene rings is 1. The Kier molecular flexibility index (Phi) is 6.15. The largest absolute Gasteiger partial charge is 0.325 e. The van der Waals surface area contributed by atoms with Crippen molar-refractivity contribution in [2.75, 3.05) is 16.8 Å². The van der Waals surface area contributed by atoms with Crippen LogP contribution in [0.25, 0.3) is 0 Å². The van der Waals surface area contributed by atoms with E-state index in [0.29, 0.717) is 17.0 Å². The van der Waals surface area contributed by atoms with Crippen LogP contribution in [0.4, 0.5) is 5.69 Å². The summed E-state index contributed by atoms with van der Waals surface area (Å²) < 4.78 is 0. The van der Waals surface area contributed by atoms with Crippen LogP contribution in [-0.2, 0) is 11.2 Å². The molecule has 0 saturated heterocycles. The van der Waals surface area contributed by atoms with Crippen molar-refractivity contribution in [3.8, 4) is 0 Å². The van der Waals surface area contributed by atoms with Crippen LogP contribution in [0.5, 0.6) is 0 Å². The van der Waals surface area contributed by atoms with Crippen molar-refractivity contribution in [1.29, 1.82) is 0 Å². The second-order valence-electron chi connectivity index (χ2n) is 4.81. The van der Waals surface area contributed by atoms with Gasteiger partial charge in [0.25, 0.3) is 0 Å².